The summed E-state index contributed by atoms with van der Waals surface area (Å²) >= 11 is 0. The van der Waals surface area contributed by atoms with Crippen LogP contribution < -0.4 is 15.5 Å². The number of anilines is 1. The van der Waals surface area contributed by atoms with Gasteiger partial charge in [0.05, 0.1) is 12.3 Å². The topological polar surface area (TPSA) is 111 Å². The van der Waals surface area contributed by atoms with Gasteiger partial charge in [-0.05, 0) is 24.1 Å². The predicted molar refractivity (Wildman–Crippen MR) is 122 cm³/mol. The van der Waals surface area contributed by atoms with Crippen molar-refractivity contribution < 1.29 is 46.5 Å². The summed E-state index contributed by atoms with van der Waals surface area (Å²) in [6, 6.07) is 12.7. The average molecular weight is 531 g/mol. The van der Waals surface area contributed by atoms with Gasteiger partial charge in [-0.1, -0.05) is 42.5 Å². The lowest BCUT2D eigenvalue weighted by atomic mass is 9.95. The third-order valence-electron chi connectivity index (χ3n) is 5.75. The van der Waals surface area contributed by atoms with Crippen molar-refractivity contribution in [3.05, 3.63) is 54.1 Å². The number of rotatable bonds is 10. The molecule has 4 N–H and O–H groups in total. The second-order valence-electron chi connectivity index (χ2n) is 8.30. The molecular formula is C24H26F5N3O5. The molecule has 3 rings (SSSR count). The minimum absolute atomic E-state index is 0.0482. The zero-order valence-corrected chi connectivity index (χ0v) is 19.6. The second-order valence-corrected chi connectivity index (χ2v) is 8.30. The summed E-state index contributed by atoms with van der Waals surface area (Å²) in [4.78, 5) is 27.7. The first-order valence-corrected chi connectivity index (χ1v) is 11.3. The number of alkyl halides is 5. The summed E-state index contributed by atoms with van der Waals surface area (Å²) < 4.78 is 67.8. The predicted octanol–water partition coefficient (Wildman–Crippen LogP) is 2.71. The van der Waals surface area contributed by atoms with Gasteiger partial charge in [0.25, 0.3) is 5.91 Å². The standard InChI is InChI=1S/C24H26F5N3O5/c1-14(37-22(36)30-11-10-23(25,26)24(27,28)29)20(34)31-19-17-8-3-2-6-15(17)16-7-4-5-9-18(16)32(12-13-33)21(19)35/h2-9,14,19,22,30,33,36H,10-13H2,1H3,(H,31,34)/t14-,19-,22?/m0/s1. The van der Waals surface area contributed by atoms with E-state index in [4.69, 9.17) is 4.74 Å². The van der Waals surface area contributed by atoms with Gasteiger partial charge < -0.3 is 25.2 Å². The lowest BCUT2D eigenvalue weighted by molar-refractivity contribution is -0.284. The zero-order chi connectivity index (χ0) is 27.4. The van der Waals surface area contributed by atoms with Crippen LogP contribution in [0, 0.1) is 0 Å². The van der Waals surface area contributed by atoms with E-state index in [1.807, 2.05) is 5.32 Å². The first-order valence-electron chi connectivity index (χ1n) is 11.3. The Bertz CT molecular complexity index is 1110. The van der Waals surface area contributed by atoms with Gasteiger partial charge in [0.1, 0.15) is 12.1 Å². The van der Waals surface area contributed by atoms with E-state index in [9.17, 15) is 41.8 Å². The Morgan fingerprint density at radius 3 is 2.35 bits per heavy atom. The third kappa shape index (κ3) is 6.42. The molecule has 3 atom stereocenters. The van der Waals surface area contributed by atoms with Crippen LogP contribution in [-0.4, -0.2) is 66.3 Å². The molecule has 1 aliphatic heterocycles. The molecule has 2 amide bonds. The van der Waals surface area contributed by atoms with Gasteiger partial charge in [0.2, 0.25) is 12.3 Å². The van der Waals surface area contributed by atoms with Crippen LogP contribution in [0.1, 0.15) is 24.9 Å². The number of aliphatic hydroxyl groups excluding tert-OH is 2. The Kier molecular flexibility index (Phi) is 8.84. The van der Waals surface area contributed by atoms with Crippen LogP contribution >= 0.6 is 0 Å². The number of amides is 2. The molecule has 202 valence electrons. The highest BCUT2D eigenvalue weighted by Crippen LogP contribution is 2.40. The van der Waals surface area contributed by atoms with Gasteiger partial charge in [0.15, 0.2) is 0 Å². The molecule has 1 aliphatic rings. The van der Waals surface area contributed by atoms with E-state index in [0.29, 0.717) is 22.4 Å². The van der Waals surface area contributed by atoms with Crippen LogP contribution in [0.25, 0.3) is 11.1 Å². The number of carbonyl (C=O) groups is 2. The number of halogens is 5. The monoisotopic (exact) mass is 531 g/mol. The number of hydrogen-bond donors (Lipinski definition) is 4. The van der Waals surface area contributed by atoms with E-state index < -0.39 is 55.4 Å². The number of benzene rings is 2. The number of para-hydroxylation sites is 1. The molecule has 1 heterocycles. The van der Waals surface area contributed by atoms with Crippen molar-refractivity contribution in [3.63, 3.8) is 0 Å². The van der Waals surface area contributed by atoms with Crippen molar-refractivity contribution in [1.82, 2.24) is 10.6 Å². The summed E-state index contributed by atoms with van der Waals surface area (Å²) in [5, 5.41) is 23.9. The molecule has 0 radical (unpaired) electrons. The fourth-order valence-electron chi connectivity index (χ4n) is 3.87. The summed E-state index contributed by atoms with van der Waals surface area (Å²) in [7, 11) is 0. The molecule has 37 heavy (non-hydrogen) atoms. The van der Waals surface area contributed by atoms with Crippen LogP contribution in [0.3, 0.4) is 0 Å². The lowest BCUT2D eigenvalue weighted by Gasteiger charge is -2.27. The average Bonchev–Trinajstić information content (AvgIpc) is 2.93. The van der Waals surface area contributed by atoms with Crippen molar-refractivity contribution in [2.75, 3.05) is 24.6 Å². The van der Waals surface area contributed by atoms with E-state index in [1.165, 1.54) is 11.8 Å². The van der Waals surface area contributed by atoms with Crippen molar-refractivity contribution >= 4 is 17.5 Å². The van der Waals surface area contributed by atoms with Crippen molar-refractivity contribution in [2.45, 2.75) is 44.0 Å². The number of nitrogens with zero attached hydrogens (tertiary/aromatic N) is 1. The van der Waals surface area contributed by atoms with E-state index in [0.717, 1.165) is 0 Å². The molecule has 0 saturated heterocycles. The molecule has 1 unspecified atom stereocenters. The highest BCUT2D eigenvalue weighted by atomic mass is 19.4. The van der Waals surface area contributed by atoms with Gasteiger partial charge in [-0.3, -0.25) is 14.9 Å². The number of ether oxygens (including phenoxy) is 1. The molecule has 0 bridgehead atoms. The normalized spacial score (nSPS) is 17.5. The van der Waals surface area contributed by atoms with Crippen LogP contribution in [-0.2, 0) is 14.3 Å². The SMILES string of the molecule is C[C@H](OC(O)NCCC(F)(F)C(F)(F)F)C(=O)N[C@@H]1C(=O)N(CCO)c2ccccc2-c2ccccc21. The summed E-state index contributed by atoms with van der Waals surface area (Å²) in [6.45, 7) is -0.141. The molecule has 13 heteroatoms. The maximum absolute atomic E-state index is 13.5. The molecule has 0 saturated carbocycles. The summed E-state index contributed by atoms with van der Waals surface area (Å²) in [5.41, 5.74) is 2.37. The number of β-amino-alcohol motifs (C(OH)–C–C–N with tert-alkyl or cyclic N) is 1. The highest BCUT2D eigenvalue weighted by molar-refractivity contribution is 6.06. The number of nitrogens with one attached hydrogen (secondary N) is 2. The minimum atomic E-state index is -5.74. The number of fused-ring (bicyclic) bond motifs is 3. The van der Waals surface area contributed by atoms with Gasteiger partial charge >= 0.3 is 12.1 Å². The molecule has 0 aliphatic carbocycles. The van der Waals surface area contributed by atoms with Gasteiger partial charge in [-0.25, -0.2) is 0 Å². The maximum atomic E-state index is 13.5. The third-order valence-corrected chi connectivity index (χ3v) is 5.75. The van der Waals surface area contributed by atoms with Crippen LogP contribution in [0.2, 0.25) is 0 Å². The van der Waals surface area contributed by atoms with E-state index in [2.05, 4.69) is 5.32 Å². The first kappa shape index (κ1) is 28.4. The number of hydrogen-bond acceptors (Lipinski definition) is 6. The number of aliphatic hydroxyl groups is 2. The molecule has 0 fully saturated rings. The van der Waals surface area contributed by atoms with Crippen LogP contribution in [0.15, 0.2) is 48.5 Å². The van der Waals surface area contributed by atoms with Gasteiger partial charge in [0, 0.05) is 25.1 Å². The Morgan fingerprint density at radius 2 is 1.70 bits per heavy atom. The first-order chi connectivity index (χ1) is 17.4. The quantitative estimate of drug-likeness (QED) is 0.277. The summed E-state index contributed by atoms with van der Waals surface area (Å²) in [5.74, 6) is -6.36. The summed E-state index contributed by atoms with van der Waals surface area (Å²) in [6.07, 6.45) is -10.8. The highest BCUT2D eigenvalue weighted by Gasteiger charge is 2.56. The van der Waals surface area contributed by atoms with Crippen molar-refractivity contribution in [1.29, 1.82) is 0 Å². The molecule has 2 aromatic rings. The van der Waals surface area contributed by atoms with Crippen molar-refractivity contribution in [2.24, 2.45) is 0 Å². The zero-order valence-electron chi connectivity index (χ0n) is 19.6. The molecule has 2 aromatic carbocycles. The van der Waals surface area contributed by atoms with E-state index >= 15 is 0 Å². The van der Waals surface area contributed by atoms with E-state index in [1.54, 1.807) is 48.5 Å². The fourth-order valence-corrected chi connectivity index (χ4v) is 3.87. The lowest BCUT2D eigenvalue weighted by Crippen LogP contribution is -2.48. The van der Waals surface area contributed by atoms with Gasteiger partial charge in [-0.15, -0.1) is 0 Å². The fraction of sp³-hybridized carbons (Fsp3) is 0.417. The molecule has 0 aromatic heterocycles. The Hall–Kier alpha value is -3.13. The van der Waals surface area contributed by atoms with Crippen LogP contribution in [0.5, 0.6) is 0 Å². The second kappa shape index (κ2) is 11.5. The Labute approximate surface area is 209 Å². The molecule has 8 nitrogen and oxygen atoms in total. The minimum Gasteiger partial charge on any atom is -0.395 e. The molecular weight excluding hydrogens is 505 g/mol. The Balaban J connectivity index is 1.73. The van der Waals surface area contributed by atoms with E-state index in [-0.39, 0.29) is 13.2 Å². The molecule has 0 spiro atoms. The van der Waals surface area contributed by atoms with Crippen LogP contribution in [0.4, 0.5) is 27.6 Å². The Morgan fingerprint density at radius 1 is 1.08 bits per heavy atom. The number of carbonyl (C=O) groups excluding carboxylic acids is 2. The largest absolute Gasteiger partial charge is 0.453 e. The maximum Gasteiger partial charge on any atom is 0.453 e. The van der Waals surface area contributed by atoms with Gasteiger partial charge in [-0.2, -0.15) is 22.0 Å². The van der Waals surface area contributed by atoms with Crippen molar-refractivity contribution in [3.8, 4) is 11.1 Å². The smallest absolute Gasteiger partial charge is 0.395 e.